The Labute approximate surface area is 299 Å². The molecule has 3 unspecified atom stereocenters. The van der Waals surface area contributed by atoms with E-state index in [9.17, 15) is 13.2 Å². The number of benzene rings is 4. The summed E-state index contributed by atoms with van der Waals surface area (Å²) in [5.74, 6) is 1.34. The minimum Gasteiger partial charge on any atom is -0.496 e. The lowest BCUT2D eigenvalue weighted by atomic mass is 9.87. The van der Waals surface area contributed by atoms with Crippen molar-refractivity contribution in [3.8, 4) is 11.5 Å². The summed E-state index contributed by atoms with van der Waals surface area (Å²) >= 11 is 0. The van der Waals surface area contributed by atoms with Gasteiger partial charge in [0.2, 0.25) is 0 Å². The van der Waals surface area contributed by atoms with Gasteiger partial charge in [-0.25, -0.2) is 13.2 Å². The molecule has 4 aromatic carbocycles. The number of hydrogen-bond donors (Lipinski definition) is 1. The molecule has 0 aliphatic carbocycles. The third-order valence-electron chi connectivity index (χ3n) is 8.97. The first-order valence-electron chi connectivity index (χ1n) is 17.1. The molecule has 1 aromatic heterocycles. The second-order valence-corrected chi connectivity index (χ2v) is 14.8. The predicted octanol–water partition coefficient (Wildman–Crippen LogP) is 7.42. The normalized spacial score (nSPS) is 16.9. The maximum absolute atomic E-state index is 13.2. The molecule has 0 saturated carbocycles. The Kier molecular flexibility index (Phi) is 11.9. The van der Waals surface area contributed by atoms with Crippen molar-refractivity contribution in [3.05, 3.63) is 132 Å². The number of aromatic nitrogens is 1. The van der Waals surface area contributed by atoms with Crippen LogP contribution in [0.15, 0.2) is 109 Å². The zero-order valence-corrected chi connectivity index (χ0v) is 29.7. The molecule has 2 heterocycles. The maximum Gasteiger partial charge on any atom is 0.410 e. The van der Waals surface area contributed by atoms with E-state index in [-0.39, 0.29) is 19.1 Å². The van der Waals surface area contributed by atoms with E-state index in [0.717, 1.165) is 39.1 Å². The topological polar surface area (TPSA) is 116 Å². The number of aromatic amines is 1. The molecule has 268 valence electrons. The van der Waals surface area contributed by atoms with Crippen LogP contribution >= 0.6 is 0 Å². The van der Waals surface area contributed by atoms with Crippen LogP contribution < -0.4 is 9.47 Å². The summed E-state index contributed by atoms with van der Waals surface area (Å²) in [5.41, 5.74) is 2.84. The number of methoxy groups -OCH3 is 1. The molecular formula is C40H44N2O8S. The van der Waals surface area contributed by atoms with Gasteiger partial charge in [-0.2, -0.15) is 0 Å². The minimum absolute atomic E-state index is 0.140. The zero-order chi connectivity index (χ0) is 35.6. The number of nitrogens with one attached hydrogen (secondary N) is 1. The van der Waals surface area contributed by atoms with Crippen molar-refractivity contribution in [1.29, 1.82) is 0 Å². The zero-order valence-electron chi connectivity index (χ0n) is 28.9. The number of carbonyl (C=O) groups is 1. The van der Waals surface area contributed by atoms with Gasteiger partial charge in [-0.15, -0.1) is 0 Å². The Morgan fingerprint density at radius 1 is 0.902 bits per heavy atom. The van der Waals surface area contributed by atoms with Crippen LogP contribution in [0.3, 0.4) is 0 Å². The molecule has 1 aliphatic rings. The molecule has 10 nitrogen and oxygen atoms in total. The summed E-state index contributed by atoms with van der Waals surface area (Å²) < 4.78 is 55.8. The fourth-order valence-electron chi connectivity index (χ4n) is 6.37. The van der Waals surface area contributed by atoms with Crippen LogP contribution in [0.2, 0.25) is 0 Å². The number of fused-ring (bicyclic) bond motifs is 1. The van der Waals surface area contributed by atoms with Gasteiger partial charge in [0.05, 0.1) is 45.3 Å². The molecule has 1 aliphatic heterocycles. The average Bonchev–Trinajstić information content (AvgIpc) is 3.58. The van der Waals surface area contributed by atoms with Crippen LogP contribution in [0.25, 0.3) is 10.9 Å². The van der Waals surface area contributed by atoms with Crippen molar-refractivity contribution >= 4 is 26.8 Å². The first kappa shape index (κ1) is 36.0. The van der Waals surface area contributed by atoms with Crippen molar-refractivity contribution in [3.63, 3.8) is 0 Å². The van der Waals surface area contributed by atoms with Crippen LogP contribution in [0.1, 0.15) is 46.6 Å². The molecular weight excluding hydrogens is 669 g/mol. The van der Waals surface area contributed by atoms with Crippen molar-refractivity contribution in [1.82, 2.24) is 9.88 Å². The fourth-order valence-corrected chi connectivity index (χ4v) is 7.30. The van der Waals surface area contributed by atoms with Gasteiger partial charge in [0, 0.05) is 36.2 Å². The van der Waals surface area contributed by atoms with Gasteiger partial charge in [0.25, 0.3) is 0 Å². The van der Waals surface area contributed by atoms with E-state index in [2.05, 4.69) is 4.98 Å². The van der Waals surface area contributed by atoms with E-state index in [1.54, 1.807) is 18.1 Å². The molecule has 6 rings (SSSR count). The van der Waals surface area contributed by atoms with Crippen LogP contribution in [-0.4, -0.2) is 70.2 Å². The fraction of sp³-hybridized carbons (Fsp3) is 0.325. The number of carbonyl (C=O) groups excluding carboxylic acids is 1. The Hall–Kier alpha value is -4.84. The molecule has 11 heteroatoms. The largest absolute Gasteiger partial charge is 0.496 e. The van der Waals surface area contributed by atoms with E-state index in [1.165, 1.54) is 6.26 Å². The number of hydrogen-bond acceptors (Lipinski definition) is 8. The van der Waals surface area contributed by atoms with Gasteiger partial charge in [-0.05, 0) is 53.3 Å². The van der Waals surface area contributed by atoms with E-state index < -0.39 is 27.5 Å². The summed E-state index contributed by atoms with van der Waals surface area (Å²) in [7, 11) is -2.07. The number of amides is 1. The Balaban J connectivity index is 1.12. The smallest absolute Gasteiger partial charge is 0.410 e. The van der Waals surface area contributed by atoms with E-state index in [0.29, 0.717) is 44.9 Å². The van der Waals surface area contributed by atoms with Gasteiger partial charge < -0.3 is 33.6 Å². The van der Waals surface area contributed by atoms with E-state index in [1.807, 2.05) is 103 Å². The Morgan fingerprint density at radius 2 is 1.65 bits per heavy atom. The Morgan fingerprint density at radius 3 is 2.41 bits per heavy atom. The van der Waals surface area contributed by atoms with Crippen LogP contribution in [0.4, 0.5) is 4.79 Å². The second-order valence-electron chi connectivity index (χ2n) is 12.7. The third kappa shape index (κ3) is 9.49. The summed E-state index contributed by atoms with van der Waals surface area (Å²) in [6.45, 7) is 2.23. The molecule has 1 fully saturated rings. The quantitative estimate of drug-likeness (QED) is 0.112. The highest BCUT2D eigenvalue weighted by atomic mass is 32.2. The number of H-pyrrole nitrogens is 1. The molecule has 0 spiro atoms. The van der Waals surface area contributed by atoms with Crippen LogP contribution in [0, 0.1) is 0 Å². The van der Waals surface area contributed by atoms with Gasteiger partial charge in [-0.1, -0.05) is 78.9 Å². The molecule has 0 radical (unpaired) electrons. The molecule has 1 saturated heterocycles. The Bertz CT molecular complexity index is 1950. The molecule has 3 atom stereocenters. The van der Waals surface area contributed by atoms with Crippen LogP contribution in [-0.2, 0) is 37.3 Å². The number of para-hydroxylation sites is 2. The van der Waals surface area contributed by atoms with E-state index >= 15 is 0 Å². The van der Waals surface area contributed by atoms with Crippen molar-refractivity contribution in [2.75, 3.05) is 39.7 Å². The highest BCUT2D eigenvalue weighted by Crippen LogP contribution is 2.37. The summed E-state index contributed by atoms with van der Waals surface area (Å²) in [4.78, 5) is 18.1. The standard InChI is InChI=1S/C40H44N2O8S/c1-46-37-16-9-7-14-32(37)28-47-23-10-24-48-33-19-17-30(18-20-33)34-21-22-42(40(43)49-27-29-11-4-3-5-12-29)26-38(34)50-39(51(2,44)45)36-25-31-13-6-8-15-35(31)41-36/h3-9,11-20,25,34,38-39,41H,10,21-24,26-28H2,1-2H3. The summed E-state index contributed by atoms with van der Waals surface area (Å²) in [5, 5.41) is 0.884. The predicted molar refractivity (Wildman–Crippen MR) is 196 cm³/mol. The van der Waals surface area contributed by atoms with Crippen LogP contribution in [0.5, 0.6) is 11.5 Å². The lowest BCUT2D eigenvalue weighted by Crippen LogP contribution is -2.47. The van der Waals surface area contributed by atoms with Gasteiger partial charge in [0.1, 0.15) is 18.1 Å². The summed E-state index contributed by atoms with van der Waals surface area (Å²) in [6, 6.07) is 34.5. The van der Waals surface area contributed by atoms with Gasteiger partial charge >= 0.3 is 6.09 Å². The minimum atomic E-state index is -3.72. The van der Waals surface area contributed by atoms with Gasteiger partial charge in [-0.3, -0.25) is 0 Å². The highest BCUT2D eigenvalue weighted by molar-refractivity contribution is 7.90. The number of likely N-dealkylation sites (tertiary alicyclic amines) is 1. The third-order valence-corrected chi connectivity index (χ3v) is 10.1. The highest BCUT2D eigenvalue weighted by Gasteiger charge is 2.38. The molecule has 1 amide bonds. The number of rotatable bonds is 15. The molecule has 1 N–H and O–H groups in total. The number of ether oxygens (including phenoxy) is 5. The number of nitrogens with zero attached hydrogens (tertiary/aromatic N) is 1. The number of piperidine rings is 1. The van der Waals surface area contributed by atoms with Crippen molar-refractivity contribution < 1.29 is 36.9 Å². The van der Waals surface area contributed by atoms with E-state index in [4.69, 9.17) is 23.7 Å². The first-order chi connectivity index (χ1) is 24.8. The van der Waals surface area contributed by atoms with Gasteiger partial charge in [0.15, 0.2) is 15.3 Å². The first-order valence-corrected chi connectivity index (χ1v) is 19.0. The SMILES string of the molecule is COc1ccccc1COCCCOc1ccc(C2CCN(C(=O)OCc3ccccc3)CC2OC(c2cc3ccccc3[nH]2)S(C)(=O)=O)cc1. The number of sulfone groups is 1. The molecule has 51 heavy (non-hydrogen) atoms. The maximum atomic E-state index is 13.2. The lowest BCUT2D eigenvalue weighted by molar-refractivity contribution is -0.0320. The average molecular weight is 713 g/mol. The lowest BCUT2D eigenvalue weighted by Gasteiger charge is -2.39. The van der Waals surface area contributed by atoms with Crippen molar-refractivity contribution in [2.45, 2.75) is 43.5 Å². The second kappa shape index (κ2) is 16.9. The summed E-state index contributed by atoms with van der Waals surface area (Å²) in [6.07, 6.45) is 1.33. The van der Waals surface area contributed by atoms with Crippen molar-refractivity contribution in [2.24, 2.45) is 0 Å². The molecule has 0 bridgehead atoms. The molecule has 5 aromatic rings. The monoisotopic (exact) mass is 712 g/mol.